The SMILES string of the molecule is CC(N)c1cnc(N(C)C)nc1. The van der Waals surface area contributed by atoms with Crippen LogP contribution >= 0.6 is 0 Å². The lowest BCUT2D eigenvalue weighted by Crippen LogP contribution is -2.14. The molecule has 2 N–H and O–H groups in total. The minimum absolute atomic E-state index is 0.00112. The second kappa shape index (κ2) is 3.49. The molecule has 1 atom stereocenters. The zero-order valence-electron chi connectivity index (χ0n) is 7.65. The number of hydrogen-bond acceptors (Lipinski definition) is 4. The van der Waals surface area contributed by atoms with Crippen molar-refractivity contribution in [3.05, 3.63) is 18.0 Å². The van der Waals surface area contributed by atoms with Crippen molar-refractivity contribution in [2.24, 2.45) is 5.73 Å². The van der Waals surface area contributed by atoms with Crippen molar-refractivity contribution in [3.8, 4) is 0 Å². The van der Waals surface area contributed by atoms with Crippen LogP contribution in [0.25, 0.3) is 0 Å². The van der Waals surface area contributed by atoms with E-state index in [4.69, 9.17) is 5.73 Å². The highest BCUT2D eigenvalue weighted by molar-refractivity contribution is 5.27. The van der Waals surface area contributed by atoms with Crippen LogP contribution in [-0.4, -0.2) is 24.1 Å². The summed E-state index contributed by atoms with van der Waals surface area (Å²) in [5, 5.41) is 0. The Balaban J connectivity index is 2.86. The molecule has 0 aliphatic carbocycles. The van der Waals surface area contributed by atoms with Crippen LogP contribution in [0.3, 0.4) is 0 Å². The van der Waals surface area contributed by atoms with Crippen molar-refractivity contribution in [3.63, 3.8) is 0 Å². The first-order chi connectivity index (χ1) is 5.61. The topological polar surface area (TPSA) is 55.0 Å². The Morgan fingerprint density at radius 1 is 1.33 bits per heavy atom. The van der Waals surface area contributed by atoms with E-state index in [1.54, 1.807) is 12.4 Å². The second-order valence-electron chi connectivity index (χ2n) is 3.00. The van der Waals surface area contributed by atoms with Gasteiger partial charge in [0.2, 0.25) is 5.95 Å². The van der Waals surface area contributed by atoms with Gasteiger partial charge in [-0.1, -0.05) is 0 Å². The molecule has 1 unspecified atom stereocenters. The van der Waals surface area contributed by atoms with E-state index in [-0.39, 0.29) is 6.04 Å². The summed E-state index contributed by atoms with van der Waals surface area (Å²) < 4.78 is 0. The molecular weight excluding hydrogens is 152 g/mol. The number of rotatable bonds is 2. The lowest BCUT2D eigenvalue weighted by molar-refractivity contribution is 0.799. The van der Waals surface area contributed by atoms with Gasteiger partial charge in [0.15, 0.2) is 0 Å². The molecule has 1 rings (SSSR count). The van der Waals surface area contributed by atoms with Crippen LogP contribution in [0.5, 0.6) is 0 Å². The van der Waals surface area contributed by atoms with Crippen LogP contribution in [0.2, 0.25) is 0 Å². The van der Waals surface area contributed by atoms with Crippen molar-refractivity contribution in [2.45, 2.75) is 13.0 Å². The Morgan fingerprint density at radius 3 is 2.17 bits per heavy atom. The summed E-state index contributed by atoms with van der Waals surface area (Å²) in [6, 6.07) is 0.00112. The first kappa shape index (κ1) is 8.93. The molecule has 1 aromatic heterocycles. The Bertz CT molecular complexity index is 213. The third kappa shape index (κ3) is 1.92. The average Bonchev–Trinajstić information content (AvgIpc) is 2.04. The zero-order valence-corrected chi connectivity index (χ0v) is 7.65. The lowest BCUT2D eigenvalue weighted by atomic mass is 10.2. The molecular formula is C8H14N4. The Morgan fingerprint density at radius 2 is 1.83 bits per heavy atom. The molecule has 1 heterocycles. The van der Waals surface area contributed by atoms with Gasteiger partial charge in [0.05, 0.1) is 0 Å². The smallest absolute Gasteiger partial charge is 0.224 e. The molecule has 0 aliphatic rings. The van der Waals surface area contributed by atoms with E-state index in [1.807, 2.05) is 25.9 Å². The minimum Gasteiger partial charge on any atom is -0.347 e. The molecule has 4 nitrogen and oxygen atoms in total. The molecule has 0 spiro atoms. The summed E-state index contributed by atoms with van der Waals surface area (Å²) in [6.45, 7) is 1.91. The maximum absolute atomic E-state index is 5.65. The van der Waals surface area contributed by atoms with E-state index in [0.717, 1.165) is 5.56 Å². The average molecular weight is 166 g/mol. The fourth-order valence-corrected chi connectivity index (χ4v) is 0.797. The summed E-state index contributed by atoms with van der Waals surface area (Å²) in [4.78, 5) is 10.1. The number of hydrogen-bond donors (Lipinski definition) is 1. The summed E-state index contributed by atoms with van der Waals surface area (Å²) >= 11 is 0. The van der Waals surface area contributed by atoms with Gasteiger partial charge in [-0.25, -0.2) is 9.97 Å². The monoisotopic (exact) mass is 166 g/mol. The van der Waals surface area contributed by atoms with Crippen molar-refractivity contribution in [1.29, 1.82) is 0 Å². The van der Waals surface area contributed by atoms with Crippen molar-refractivity contribution in [2.75, 3.05) is 19.0 Å². The highest BCUT2D eigenvalue weighted by Gasteiger charge is 2.01. The van der Waals surface area contributed by atoms with Gasteiger partial charge in [-0.05, 0) is 6.92 Å². The highest BCUT2D eigenvalue weighted by Crippen LogP contribution is 2.08. The molecule has 0 radical (unpaired) electrons. The van der Waals surface area contributed by atoms with Gasteiger partial charge in [0.1, 0.15) is 0 Å². The van der Waals surface area contributed by atoms with E-state index >= 15 is 0 Å². The number of aromatic nitrogens is 2. The van der Waals surface area contributed by atoms with Crippen LogP contribution in [0.1, 0.15) is 18.5 Å². The van der Waals surface area contributed by atoms with Gasteiger partial charge in [0, 0.05) is 38.1 Å². The number of nitrogens with zero attached hydrogens (tertiary/aromatic N) is 3. The highest BCUT2D eigenvalue weighted by atomic mass is 15.2. The summed E-state index contributed by atoms with van der Waals surface area (Å²) in [6.07, 6.45) is 3.51. The molecule has 0 amide bonds. The van der Waals surface area contributed by atoms with E-state index in [0.29, 0.717) is 5.95 Å². The standard InChI is InChI=1S/C8H14N4/c1-6(9)7-4-10-8(11-5-7)12(2)3/h4-6H,9H2,1-3H3. The third-order valence-electron chi connectivity index (χ3n) is 1.58. The summed E-state index contributed by atoms with van der Waals surface area (Å²) in [5.41, 5.74) is 6.61. The van der Waals surface area contributed by atoms with E-state index in [2.05, 4.69) is 9.97 Å². The Hall–Kier alpha value is -1.16. The normalized spacial score (nSPS) is 12.7. The molecule has 0 fully saturated rings. The van der Waals surface area contributed by atoms with Crippen molar-refractivity contribution < 1.29 is 0 Å². The zero-order chi connectivity index (χ0) is 9.14. The van der Waals surface area contributed by atoms with Crippen LogP contribution in [-0.2, 0) is 0 Å². The number of anilines is 1. The van der Waals surface area contributed by atoms with Crippen LogP contribution in [0.4, 0.5) is 5.95 Å². The molecule has 1 aromatic rings. The fraction of sp³-hybridized carbons (Fsp3) is 0.500. The van der Waals surface area contributed by atoms with Gasteiger partial charge in [0.25, 0.3) is 0 Å². The first-order valence-electron chi connectivity index (χ1n) is 3.86. The summed E-state index contributed by atoms with van der Waals surface area (Å²) in [7, 11) is 3.81. The van der Waals surface area contributed by atoms with E-state index in [9.17, 15) is 0 Å². The molecule has 66 valence electrons. The van der Waals surface area contributed by atoms with Crippen LogP contribution < -0.4 is 10.6 Å². The molecule has 0 saturated carbocycles. The Kier molecular flexibility index (Phi) is 2.60. The minimum atomic E-state index is 0.00112. The maximum atomic E-state index is 5.65. The summed E-state index contributed by atoms with van der Waals surface area (Å²) in [5.74, 6) is 0.708. The van der Waals surface area contributed by atoms with E-state index in [1.165, 1.54) is 0 Å². The van der Waals surface area contributed by atoms with Crippen molar-refractivity contribution in [1.82, 2.24) is 9.97 Å². The molecule has 0 bridgehead atoms. The largest absolute Gasteiger partial charge is 0.347 e. The van der Waals surface area contributed by atoms with Crippen LogP contribution in [0.15, 0.2) is 12.4 Å². The van der Waals surface area contributed by atoms with Crippen LogP contribution in [0, 0.1) is 0 Å². The molecule has 4 heteroatoms. The molecule has 0 saturated heterocycles. The third-order valence-corrected chi connectivity index (χ3v) is 1.58. The van der Waals surface area contributed by atoms with Gasteiger partial charge < -0.3 is 10.6 Å². The van der Waals surface area contributed by atoms with Gasteiger partial charge in [-0.3, -0.25) is 0 Å². The predicted molar refractivity (Wildman–Crippen MR) is 49.0 cm³/mol. The number of nitrogens with two attached hydrogens (primary N) is 1. The van der Waals surface area contributed by atoms with Gasteiger partial charge in [-0.15, -0.1) is 0 Å². The molecule has 12 heavy (non-hydrogen) atoms. The first-order valence-corrected chi connectivity index (χ1v) is 3.86. The Labute approximate surface area is 72.4 Å². The lowest BCUT2D eigenvalue weighted by Gasteiger charge is -2.10. The second-order valence-corrected chi connectivity index (χ2v) is 3.00. The van der Waals surface area contributed by atoms with Gasteiger partial charge >= 0.3 is 0 Å². The quantitative estimate of drug-likeness (QED) is 0.697. The van der Waals surface area contributed by atoms with Gasteiger partial charge in [-0.2, -0.15) is 0 Å². The molecule has 0 aliphatic heterocycles. The maximum Gasteiger partial charge on any atom is 0.224 e. The van der Waals surface area contributed by atoms with Crippen molar-refractivity contribution >= 4 is 5.95 Å². The predicted octanol–water partition coefficient (Wildman–Crippen LogP) is 0.562. The molecule has 0 aromatic carbocycles. The van der Waals surface area contributed by atoms with E-state index < -0.39 is 0 Å². The fourth-order valence-electron chi connectivity index (χ4n) is 0.797.